The number of carbonyl (C=O) groups is 1. The minimum atomic E-state index is -0.475. The van der Waals surface area contributed by atoms with Crippen LogP contribution in [0, 0.1) is 5.92 Å². The molecule has 3 heteroatoms. The van der Waals surface area contributed by atoms with Gasteiger partial charge in [-0.3, -0.25) is 4.79 Å². The van der Waals surface area contributed by atoms with E-state index in [4.69, 9.17) is 0 Å². The Balaban J connectivity index is 3.81. The molecular formula is C7H10O3. The van der Waals surface area contributed by atoms with Crippen molar-refractivity contribution in [3.05, 3.63) is 6.08 Å². The molecule has 0 bridgehead atoms. The Kier molecular flexibility index (Phi) is 4.25. The average Bonchev–Trinajstić information content (AvgIpc) is 1.89. The molecule has 0 amide bonds. The first-order valence-electron chi connectivity index (χ1n) is 3.10. The fraction of sp³-hybridized carbons (Fsp3) is 0.571. The van der Waals surface area contributed by atoms with Gasteiger partial charge in [0.25, 0.3) is 0 Å². The van der Waals surface area contributed by atoms with Crippen molar-refractivity contribution in [3.63, 3.8) is 0 Å². The van der Waals surface area contributed by atoms with Gasteiger partial charge in [0, 0.05) is 6.08 Å². The Bertz CT molecular complexity index is 156. The van der Waals surface area contributed by atoms with Crippen molar-refractivity contribution in [1.29, 1.82) is 0 Å². The molecule has 3 nitrogen and oxygen atoms in total. The predicted octanol–water partition coefficient (Wildman–Crippen LogP) is 0.573. The summed E-state index contributed by atoms with van der Waals surface area (Å²) in [6.07, 6.45) is 1.14. The lowest BCUT2D eigenvalue weighted by molar-refractivity contribution is -0.145. The van der Waals surface area contributed by atoms with Gasteiger partial charge in [-0.2, -0.15) is 0 Å². The van der Waals surface area contributed by atoms with Gasteiger partial charge in [0.15, 0.2) is 0 Å². The minimum Gasteiger partial charge on any atom is -0.466 e. The third-order valence-electron chi connectivity index (χ3n) is 0.976. The predicted molar refractivity (Wildman–Crippen MR) is 36.1 cm³/mol. The summed E-state index contributed by atoms with van der Waals surface area (Å²) in [6, 6.07) is 0. The van der Waals surface area contributed by atoms with Crippen molar-refractivity contribution in [1.82, 2.24) is 0 Å². The Morgan fingerprint density at radius 3 is 2.80 bits per heavy atom. The van der Waals surface area contributed by atoms with E-state index in [1.165, 1.54) is 5.94 Å². The van der Waals surface area contributed by atoms with Crippen LogP contribution in [0.5, 0.6) is 0 Å². The summed E-state index contributed by atoms with van der Waals surface area (Å²) in [6.45, 7) is 3.65. The molecule has 0 radical (unpaired) electrons. The third-order valence-corrected chi connectivity index (χ3v) is 0.976. The highest BCUT2D eigenvalue weighted by molar-refractivity contribution is 5.76. The lowest BCUT2D eigenvalue weighted by Crippen LogP contribution is -2.12. The fourth-order valence-electron chi connectivity index (χ4n) is 0.444. The number of hydrogen-bond acceptors (Lipinski definition) is 3. The third kappa shape index (κ3) is 3.05. The monoisotopic (exact) mass is 142 g/mol. The van der Waals surface area contributed by atoms with Crippen LogP contribution in [-0.2, 0) is 14.3 Å². The highest BCUT2D eigenvalue weighted by atomic mass is 16.5. The van der Waals surface area contributed by atoms with Crippen molar-refractivity contribution in [2.45, 2.75) is 13.8 Å². The van der Waals surface area contributed by atoms with Gasteiger partial charge in [-0.1, -0.05) is 0 Å². The summed E-state index contributed by atoms with van der Waals surface area (Å²) in [5.41, 5.74) is 0. The van der Waals surface area contributed by atoms with E-state index in [9.17, 15) is 9.59 Å². The number of ether oxygens (including phenoxy) is 1. The van der Waals surface area contributed by atoms with Gasteiger partial charge in [-0.15, -0.1) is 0 Å². The number of esters is 1. The molecule has 0 aromatic heterocycles. The van der Waals surface area contributed by atoms with Gasteiger partial charge >= 0.3 is 5.97 Å². The van der Waals surface area contributed by atoms with Crippen molar-refractivity contribution in [2.24, 2.45) is 5.92 Å². The Morgan fingerprint density at radius 2 is 2.40 bits per heavy atom. The van der Waals surface area contributed by atoms with E-state index >= 15 is 0 Å². The highest BCUT2D eigenvalue weighted by Gasteiger charge is 2.09. The first-order chi connectivity index (χ1) is 4.72. The van der Waals surface area contributed by atoms with Crippen LogP contribution in [0.2, 0.25) is 0 Å². The van der Waals surface area contributed by atoms with E-state index in [0.29, 0.717) is 6.61 Å². The smallest absolute Gasteiger partial charge is 0.313 e. The molecule has 1 atom stereocenters. The van der Waals surface area contributed by atoms with E-state index in [0.717, 1.165) is 6.08 Å². The minimum absolute atomic E-state index is 0.343. The quantitative estimate of drug-likeness (QED) is 0.427. The molecule has 0 aliphatic carbocycles. The summed E-state index contributed by atoms with van der Waals surface area (Å²) >= 11 is 0. The molecule has 0 rings (SSSR count). The lowest BCUT2D eigenvalue weighted by atomic mass is 10.2. The SMILES string of the molecule is CCOC(=O)C(C)C=C=O. The Labute approximate surface area is 59.7 Å². The van der Waals surface area contributed by atoms with E-state index in [-0.39, 0.29) is 5.97 Å². The molecule has 0 aliphatic rings. The molecule has 10 heavy (non-hydrogen) atoms. The van der Waals surface area contributed by atoms with E-state index in [2.05, 4.69) is 4.74 Å². The molecule has 0 fully saturated rings. The summed E-state index contributed by atoms with van der Waals surface area (Å²) < 4.78 is 4.61. The maximum Gasteiger partial charge on any atom is 0.313 e. The number of carbonyl (C=O) groups excluding carboxylic acids is 2. The number of rotatable bonds is 3. The van der Waals surface area contributed by atoms with Crippen LogP contribution < -0.4 is 0 Å². The van der Waals surface area contributed by atoms with Crippen molar-refractivity contribution in [2.75, 3.05) is 6.61 Å². The van der Waals surface area contributed by atoms with Crippen LogP contribution in [0.15, 0.2) is 6.08 Å². The average molecular weight is 142 g/mol. The van der Waals surface area contributed by atoms with Gasteiger partial charge in [0.05, 0.1) is 12.5 Å². The largest absolute Gasteiger partial charge is 0.466 e. The highest BCUT2D eigenvalue weighted by Crippen LogP contribution is 1.97. The maximum atomic E-state index is 10.7. The van der Waals surface area contributed by atoms with Crippen LogP contribution in [0.25, 0.3) is 0 Å². The van der Waals surface area contributed by atoms with Gasteiger partial charge in [0.1, 0.15) is 5.94 Å². The molecule has 56 valence electrons. The summed E-state index contributed by atoms with van der Waals surface area (Å²) in [4.78, 5) is 20.4. The summed E-state index contributed by atoms with van der Waals surface area (Å²) in [5.74, 6) is 0.673. The van der Waals surface area contributed by atoms with Gasteiger partial charge in [-0.25, -0.2) is 4.79 Å². The van der Waals surface area contributed by atoms with E-state index in [1.807, 2.05) is 0 Å². The second-order valence-electron chi connectivity index (χ2n) is 1.83. The summed E-state index contributed by atoms with van der Waals surface area (Å²) in [7, 11) is 0. The van der Waals surface area contributed by atoms with Crippen molar-refractivity contribution in [3.8, 4) is 0 Å². The molecule has 0 saturated heterocycles. The van der Waals surface area contributed by atoms with Crippen LogP contribution in [0.3, 0.4) is 0 Å². The first-order valence-corrected chi connectivity index (χ1v) is 3.10. The van der Waals surface area contributed by atoms with Gasteiger partial charge in [0.2, 0.25) is 0 Å². The molecule has 0 saturated carbocycles. The van der Waals surface area contributed by atoms with Crippen molar-refractivity contribution < 1.29 is 14.3 Å². The molecule has 0 aliphatic heterocycles. The molecule has 0 spiro atoms. The molecule has 0 heterocycles. The molecule has 0 aromatic carbocycles. The van der Waals surface area contributed by atoms with E-state index < -0.39 is 5.92 Å². The molecular weight excluding hydrogens is 132 g/mol. The summed E-state index contributed by atoms with van der Waals surface area (Å²) in [5, 5.41) is 0. The zero-order valence-electron chi connectivity index (χ0n) is 6.09. The zero-order chi connectivity index (χ0) is 7.98. The fourth-order valence-corrected chi connectivity index (χ4v) is 0.444. The zero-order valence-corrected chi connectivity index (χ0v) is 6.09. The maximum absolute atomic E-state index is 10.7. The standard InChI is InChI=1S/C7H10O3/c1-3-10-7(9)6(2)4-5-8/h4,6H,3H2,1-2H3. The van der Waals surface area contributed by atoms with Gasteiger partial charge in [-0.05, 0) is 13.8 Å². The number of hydrogen-bond donors (Lipinski definition) is 0. The first kappa shape index (κ1) is 8.92. The van der Waals surface area contributed by atoms with Crippen LogP contribution in [0.1, 0.15) is 13.8 Å². The second kappa shape index (κ2) is 4.77. The van der Waals surface area contributed by atoms with Crippen LogP contribution in [-0.4, -0.2) is 18.5 Å². The Hall–Kier alpha value is -1.08. The van der Waals surface area contributed by atoms with E-state index in [1.54, 1.807) is 13.8 Å². The normalized spacial score (nSPS) is 11.4. The second-order valence-corrected chi connectivity index (χ2v) is 1.83. The molecule has 0 N–H and O–H groups in total. The Morgan fingerprint density at radius 1 is 1.80 bits per heavy atom. The van der Waals surface area contributed by atoms with Crippen molar-refractivity contribution >= 4 is 11.9 Å². The van der Waals surface area contributed by atoms with Crippen LogP contribution in [0.4, 0.5) is 0 Å². The molecule has 0 aromatic rings. The topological polar surface area (TPSA) is 43.4 Å². The lowest BCUT2D eigenvalue weighted by Gasteiger charge is -2.02. The molecule has 1 unspecified atom stereocenters. The van der Waals surface area contributed by atoms with Crippen LogP contribution >= 0.6 is 0 Å². The van der Waals surface area contributed by atoms with Gasteiger partial charge < -0.3 is 4.74 Å².